The van der Waals surface area contributed by atoms with E-state index in [0.717, 1.165) is 27.9 Å². The molecule has 5 nitrogen and oxygen atoms in total. The van der Waals surface area contributed by atoms with E-state index in [9.17, 15) is 4.79 Å². The topological polar surface area (TPSA) is 57.0 Å². The molecule has 0 aliphatic carbocycles. The Morgan fingerprint density at radius 2 is 1.91 bits per heavy atom. The summed E-state index contributed by atoms with van der Waals surface area (Å²) in [5.74, 6) is -0.0124. The van der Waals surface area contributed by atoms with Crippen LogP contribution in [0.2, 0.25) is 5.02 Å². The Balaban J connectivity index is 1.60. The highest BCUT2D eigenvalue weighted by atomic mass is 35.5. The van der Waals surface area contributed by atoms with E-state index >= 15 is 0 Å². The van der Waals surface area contributed by atoms with Crippen molar-refractivity contribution in [2.75, 3.05) is 0 Å². The van der Waals surface area contributed by atoms with Crippen molar-refractivity contribution >= 4 is 17.6 Å². The SMILES string of the molecule is Cc1cc(C(=O)OCc2cc(Cl)ccc2-n2cncn2)cc(-c2ccccc2C(C)C)c1. The van der Waals surface area contributed by atoms with Gasteiger partial charge in [0.2, 0.25) is 0 Å². The van der Waals surface area contributed by atoms with E-state index in [0.29, 0.717) is 16.5 Å². The summed E-state index contributed by atoms with van der Waals surface area (Å²) in [4.78, 5) is 16.9. The molecule has 0 unspecified atom stereocenters. The van der Waals surface area contributed by atoms with Crippen molar-refractivity contribution in [1.82, 2.24) is 14.8 Å². The number of ether oxygens (including phenoxy) is 1. The number of halogens is 1. The maximum Gasteiger partial charge on any atom is 0.338 e. The highest BCUT2D eigenvalue weighted by Gasteiger charge is 2.15. The van der Waals surface area contributed by atoms with Gasteiger partial charge in [0.1, 0.15) is 19.3 Å². The normalized spacial score (nSPS) is 11.0. The minimum absolute atomic E-state index is 0.0699. The van der Waals surface area contributed by atoms with Crippen molar-refractivity contribution < 1.29 is 9.53 Å². The average molecular weight is 446 g/mol. The van der Waals surface area contributed by atoms with Gasteiger partial charge in [0.15, 0.2) is 0 Å². The average Bonchev–Trinajstić information content (AvgIpc) is 3.31. The molecule has 0 spiro atoms. The summed E-state index contributed by atoms with van der Waals surface area (Å²) >= 11 is 6.17. The van der Waals surface area contributed by atoms with E-state index in [1.165, 1.54) is 11.9 Å². The summed E-state index contributed by atoms with van der Waals surface area (Å²) in [6.45, 7) is 6.39. The van der Waals surface area contributed by atoms with Gasteiger partial charge in [-0.05, 0) is 65.4 Å². The molecule has 0 bridgehead atoms. The Hall–Kier alpha value is -3.44. The molecule has 0 saturated heterocycles. The Labute approximate surface area is 192 Å². The maximum absolute atomic E-state index is 13.0. The summed E-state index contributed by atoms with van der Waals surface area (Å²) in [5, 5.41) is 4.72. The second kappa shape index (κ2) is 9.37. The zero-order valence-corrected chi connectivity index (χ0v) is 19.0. The van der Waals surface area contributed by atoms with Gasteiger partial charge in [-0.2, -0.15) is 5.10 Å². The van der Waals surface area contributed by atoms with Crippen molar-refractivity contribution in [2.45, 2.75) is 33.3 Å². The predicted octanol–water partition coefficient (Wildman–Crippen LogP) is 6.38. The molecule has 4 rings (SSSR count). The lowest BCUT2D eigenvalue weighted by atomic mass is 9.91. The molecule has 0 N–H and O–H groups in total. The number of carbonyl (C=O) groups excluding carboxylic acids is 1. The molecule has 0 saturated carbocycles. The molecular weight excluding hydrogens is 422 g/mol. The molecule has 1 heterocycles. The van der Waals surface area contributed by atoms with Crippen LogP contribution in [-0.4, -0.2) is 20.7 Å². The molecule has 3 aromatic carbocycles. The summed E-state index contributed by atoms with van der Waals surface area (Å²) in [5.41, 5.74) is 6.40. The maximum atomic E-state index is 13.0. The van der Waals surface area contributed by atoms with Crippen molar-refractivity contribution in [1.29, 1.82) is 0 Å². The van der Waals surface area contributed by atoms with E-state index in [1.807, 2.05) is 37.3 Å². The molecule has 6 heteroatoms. The highest BCUT2D eigenvalue weighted by Crippen LogP contribution is 2.31. The van der Waals surface area contributed by atoms with Crippen LogP contribution >= 0.6 is 11.6 Å². The number of esters is 1. The van der Waals surface area contributed by atoms with E-state index < -0.39 is 0 Å². The van der Waals surface area contributed by atoms with Crippen molar-refractivity contribution in [3.63, 3.8) is 0 Å². The Bertz CT molecular complexity index is 1250. The minimum Gasteiger partial charge on any atom is -0.457 e. The summed E-state index contributed by atoms with van der Waals surface area (Å²) in [6.07, 6.45) is 3.04. The van der Waals surface area contributed by atoms with Crippen LogP contribution in [0.3, 0.4) is 0 Å². The van der Waals surface area contributed by atoms with Crippen LogP contribution in [0.15, 0.2) is 73.3 Å². The van der Waals surface area contributed by atoms with Gasteiger partial charge in [-0.25, -0.2) is 14.5 Å². The van der Waals surface area contributed by atoms with E-state index in [-0.39, 0.29) is 12.6 Å². The van der Waals surface area contributed by atoms with Crippen molar-refractivity contribution in [2.24, 2.45) is 0 Å². The summed E-state index contributed by atoms with van der Waals surface area (Å²) < 4.78 is 7.29. The van der Waals surface area contributed by atoms with Crippen LogP contribution < -0.4 is 0 Å². The Kier molecular flexibility index (Phi) is 6.37. The van der Waals surface area contributed by atoms with Crippen LogP contribution in [0, 0.1) is 6.92 Å². The number of hydrogen-bond acceptors (Lipinski definition) is 4. The molecular formula is C26H24ClN3O2. The van der Waals surface area contributed by atoms with Crippen LogP contribution in [0.1, 0.15) is 46.8 Å². The van der Waals surface area contributed by atoms with Gasteiger partial charge in [0, 0.05) is 10.6 Å². The highest BCUT2D eigenvalue weighted by molar-refractivity contribution is 6.30. The first-order valence-electron chi connectivity index (χ1n) is 10.4. The van der Waals surface area contributed by atoms with Crippen molar-refractivity contribution in [3.05, 3.63) is 101 Å². The van der Waals surface area contributed by atoms with Gasteiger partial charge in [-0.1, -0.05) is 55.8 Å². The largest absolute Gasteiger partial charge is 0.457 e. The second-order valence-electron chi connectivity index (χ2n) is 8.02. The zero-order valence-electron chi connectivity index (χ0n) is 18.2. The second-order valence-corrected chi connectivity index (χ2v) is 8.46. The van der Waals surface area contributed by atoms with E-state index in [1.54, 1.807) is 23.1 Å². The predicted molar refractivity (Wildman–Crippen MR) is 126 cm³/mol. The number of aryl methyl sites for hydroxylation is 1. The molecule has 1 aromatic heterocycles. The smallest absolute Gasteiger partial charge is 0.338 e. The number of benzene rings is 3. The van der Waals surface area contributed by atoms with Crippen LogP contribution in [0.4, 0.5) is 0 Å². The van der Waals surface area contributed by atoms with Gasteiger partial charge in [-0.15, -0.1) is 0 Å². The quantitative estimate of drug-likeness (QED) is 0.323. The summed E-state index contributed by atoms with van der Waals surface area (Å²) in [7, 11) is 0. The number of aromatic nitrogens is 3. The third-order valence-corrected chi connectivity index (χ3v) is 5.51. The fourth-order valence-electron chi connectivity index (χ4n) is 3.77. The molecule has 32 heavy (non-hydrogen) atoms. The molecule has 0 radical (unpaired) electrons. The fraction of sp³-hybridized carbons (Fsp3) is 0.192. The lowest BCUT2D eigenvalue weighted by molar-refractivity contribution is 0.0472. The number of nitrogens with zero attached hydrogens (tertiary/aromatic N) is 3. The molecule has 4 aromatic rings. The Morgan fingerprint density at radius 3 is 2.66 bits per heavy atom. The van der Waals surface area contributed by atoms with Crippen LogP contribution in [0.5, 0.6) is 0 Å². The first-order chi connectivity index (χ1) is 15.4. The van der Waals surface area contributed by atoms with Gasteiger partial charge >= 0.3 is 5.97 Å². The molecule has 0 amide bonds. The van der Waals surface area contributed by atoms with E-state index in [2.05, 4.69) is 42.1 Å². The first kappa shape index (κ1) is 21.8. The third-order valence-electron chi connectivity index (χ3n) is 5.27. The molecule has 0 fully saturated rings. The van der Waals surface area contributed by atoms with Gasteiger partial charge in [0.25, 0.3) is 0 Å². The van der Waals surface area contributed by atoms with Gasteiger partial charge in [0.05, 0.1) is 11.3 Å². The zero-order chi connectivity index (χ0) is 22.7. The van der Waals surface area contributed by atoms with Crippen LogP contribution in [0.25, 0.3) is 16.8 Å². The fourth-order valence-corrected chi connectivity index (χ4v) is 3.97. The monoisotopic (exact) mass is 445 g/mol. The Morgan fingerprint density at radius 1 is 1.09 bits per heavy atom. The minimum atomic E-state index is -0.388. The lowest BCUT2D eigenvalue weighted by Gasteiger charge is -2.15. The number of carbonyl (C=O) groups is 1. The summed E-state index contributed by atoms with van der Waals surface area (Å²) in [6, 6.07) is 19.5. The number of hydrogen-bond donors (Lipinski definition) is 0. The number of rotatable bonds is 6. The van der Waals surface area contributed by atoms with Gasteiger partial charge in [-0.3, -0.25) is 0 Å². The first-order valence-corrected chi connectivity index (χ1v) is 10.8. The standard InChI is InChI=1S/C26H24ClN3O2/c1-17(2)23-6-4-5-7-24(23)19-10-18(3)11-20(12-19)26(31)32-14-21-13-22(27)8-9-25(21)30-16-28-15-29-30/h4-13,15-17H,14H2,1-3H3. The third kappa shape index (κ3) is 4.73. The molecule has 0 atom stereocenters. The molecule has 0 aliphatic rings. The van der Waals surface area contributed by atoms with Crippen LogP contribution in [-0.2, 0) is 11.3 Å². The van der Waals surface area contributed by atoms with Gasteiger partial charge < -0.3 is 4.74 Å². The van der Waals surface area contributed by atoms with E-state index in [4.69, 9.17) is 16.3 Å². The molecule has 0 aliphatic heterocycles. The van der Waals surface area contributed by atoms with Crippen molar-refractivity contribution in [3.8, 4) is 16.8 Å². The molecule has 162 valence electrons. The lowest BCUT2D eigenvalue weighted by Crippen LogP contribution is -2.08.